The molecule has 3 heterocycles. The van der Waals surface area contributed by atoms with Crippen molar-refractivity contribution in [2.75, 3.05) is 13.1 Å². The first-order valence-electron chi connectivity index (χ1n) is 10.2. The highest BCUT2D eigenvalue weighted by Gasteiger charge is 2.20. The molecule has 1 fully saturated rings. The van der Waals surface area contributed by atoms with Gasteiger partial charge in [0.25, 0.3) is 0 Å². The SMILES string of the molecule is Fc1ccc(-c2noc(CSc3nnc(CN4CCCC4)n3-c3ccccc3)n2)cc1. The largest absolute Gasteiger partial charge is 0.338 e. The molecule has 2 aromatic carbocycles. The third kappa shape index (κ3) is 4.52. The number of halogens is 1. The van der Waals surface area contributed by atoms with Crippen molar-refractivity contribution in [3.63, 3.8) is 0 Å². The van der Waals surface area contributed by atoms with E-state index in [1.165, 1.54) is 36.7 Å². The van der Waals surface area contributed by atoms with Crippen LogP contribution in [0.15, 0.2) is 64.3 Å². The third-order valence-electron chi connectivity index (χ3n) is 5.17. The molecule has 158 valence electrons. The summed E-state index contributed by atoms with van der Waals surface area (Å²) in [6.45, 7) is 2.97. The van der Waals surface area contributed by atoms with Gasteiger partial charge in [0.15, 0.2) is 11.0 Å². The summed E-state index contributed by atoms with van der Waals surface area (Å²) in [4.78, 5) is 6.84. The maximum atomic E-state index is 13.1. The molecule has 2 aromatic heterocycles. The average Bonchev–Trinajstić information content (AvgIpc) is 3.55. The summed E-state index contributed by atoms with van der Waals surface area (Å²) in [7, 11) is 0. The molecule has 0 bridgehead atoms. The molecule has 1 saturated heterocycles. The molecule has 0 spiro atoms. The number of nitrogens with zero attached hydrogens (tertiary/aromatic N) is 6. The maximum Gasteiger partial charge on any atom is 0.237 e. The highest BCUT2D eigenvalue weighted by molar-refractivity contribution is 7.98. The fourth-order valence-electron chi connectivity index (χ4n) is 3.63. The van der Waals surface area contributed by atoms with Gasteiger partial charge >= 0.3 is 0 Å². The molecule has 31 heavy (non-hydrogen) atoms. The van der Waals surface area contributed by atoms with E-state index in [0.717, 1.165) is 36.3 Å². The number of hydrogen-bond acceptors (Lipinski definition) is 7. The number of thioether (sulfide) groups is 1. The van der Waals surface area contributed by atoms with E-state index in [2.05, 4.69) is 41.9 Å². The Hall–Kier alpha value is -3.04. The molecule has 5 rings (SSSR count). The van der Waals surface area contributed by atoms with Crippen LogP contribution in [-0.2, 0) is 12.3 Å². The van der Waals surface area contributed by atoms with Crippen LogP contribution in [0, 0.1) is 5.82 Å². The topological polar surface area (TPSA) is 72.9 Å². The van der Waals surface area contributed by atoms with Crippen LogP contribution in [0.4, 0.5) is 4.39 Å². The minimum atomic E-state index is -0.298. The van der Waals surface area contributed by atoms with E-state index in [-0.39, 0.29) is 5.82 Å². The molecule has 0 atom stereocenters. The van der Waals surface area contributed by atoms with E-state index in [0.29, 0.717) is 23.0 Å². The first-order chi connectivity index (χ1) is 15.3. The van der Waals surface area contributed by atoms with Crippen LogP contribution in [0.3, 0.4) is 0 Å². The lowest BCUT2D eigenvalue weighted by Gasteiger charge is -2.15. The van der Waals surface area contributed by atoms with Crippen LogP contribution < -0.4 is 0 Å². The number of benzene rings is 2. The van der Waals surface area contributed by atoms with Gasteiger partial charge in [0.2, 0.25) is 11.7 Å². The van der Waals surface area contributed by atoms with Crippen LogP contribution in [0.1, 0.15) is 24.6 Å². The Labute approximate surface area is 183 Å². The molecule has 0 N–H and O–H groups in total. The summed E-state index contributed by atoms with van der Waals surface area (Å²) in [6.07, 6.45) is 2.46. The second-order valence-corrected chi connectivity index (χ2v) is 8.30. The summed E-state index contributed by atoms with van der Waals surface area (Å²) < 4.78 is 20.6. The summed E-state index contributed by atoms with van der Waals surface area (Å²) in [6, 6.07) is 16.2. The second-order valence-electron chi connectivity index (χ2n) is 7.36. The van der Waals surface area contributed by atoms with E-state index in [1.54, 1.807) is 12.1 Å². The lowest BCUT2D eigenvalue weighted by atomic mass is 10.2. The summed E-state index contributed by atoms with van der Waals surface area (Å²) in [5, 5.41) is 13.7. The van der Waals surface area contributed by atoms with Crippen LogP contribution in [0.5, 0.6) is 0 Å². The van der Waals surface area contributed by atoms with Crippen molar-refractivity contribution < 1.29 is 8.91 Å². The Morgan fingerprint density at radius 3 is 2.52 bits per heavy atom. The van der Waals surface area contributed by atoms with Crippen LogP contribution in [0.25, 0.3) is 17.1 Å². The highest BCUT2D eigenvalue weighted by atomic mass is 32.2. The van der Waals surface area contributed by atoms with E-state index < -0.39 is 0 Å². The quantitative estimate of drug-likeness (QED) is 0.399. The van der Waals surface area contributed by atoms with Crippen molar-refractivity contribution >= 4 is 11.8 Å². The molecule has 0 unspecified atom stereocenters. The van der Waals surface area contributed by atoms with Crippen molar-refractivity contribution in [3.05, 3.63) is 72.1 Å². The zero-order chi connectivity index (χ0) is 21.0. The van der Waals surface area contributed by atoms with Crippen molar-refractivity contribution in [3.8, 4) is 17.1 Å². The van der Waals surface area contributed by atoms with Gasteiger partial charge in [0.1, 0.15) is 5.82 Å². The minimum absolute atomic E-state index is 0.298. The van der Waals surface area contributed by atoms with Gasteiger partial charge in [0, 0.05) is 11.3 Å². The zero-order valence-corrected chi connectivity index (χ0v) is 17.6. The van der Waals surface area contributed by atoms with E-state index in [1.807, 2.05) is 18.2 Å². The second kappa shape index (κ2) is 8.99. The van der Waals surface area contributed by atoms with Crippen LogP contribution in [0.2, 0.25) is 0 Å². The number of hydrogen-bond donors (Lipinski definition) is 0. The molecule has 0 saturated carbocycles. The van der Waals surface area contributed by atoms with E-state index in [9.17, 15) is 4.39 Å². The third-order valence-corrected chi connectivity index (χ3v) is 6.09. The van der Waals surface area contributed by atoms with Gasteiger partial charge in [-0.05, 0) is 62.3 Å². The predicted molar refractivity (Wildman–Crippen MR) is 115 cm³/mol. The first-order valence-corrected chi connectivity index (χ1v) is 11.2. The van der Waals surface area contributed by atoms with E-state index in [4.69, 9.17) is 4.52 Å². The highest BCUT2D eigenvalue weighted by Crippen LogP contribution is 2.27. The Balaban J connectivity index is 1.35. The fourth-order valence-corrected chi connectivity index (χ4v) is 4.44. The normalized spacial score (nSPS) is 14.4. The number of aromatic nitrogens is 5. The molecule has 0 radical (unpaired) electrons. The zero-order valence-electron chi connectivity index (χ0n) is 16.8. The maximum absolute atomic E-state index is 13.1. The Kier molecular flexibility index (Phi) is 5.77. The number of rotatable bonds is 7. The van der Waals surface area contributed by atoms with Crippen molar-refractivity contribution in [1.29, 1.82) is 0 Å². The van der Waals surface area contributed by atoms with Crippen molar-refractivity contribution in [2.45, 2.75) is 30.3 Å². The predicted octanol–water partition coefficient (Wildman–Crippen LogP) is 4.34. The average molecular weight is 437 g/mol. The number of likely N-dealkylation sites (tertiary alicyclic amines) is 1. The van der Waals surface area contributed by atoms with Gasteiger partial charge in [-0.1, -0.05) is 35.1 Å². The van der Waals surface area contributed by atoms with Crippen LogP contribution >= 0.6 is 11.8 Å². The molecule has 1 aliphatic heterocycles. The Bertz CT molecular complexity index is 1140. The molecule has 1 aliphatic rings. The van der Waals surface area contributed by atoms with Gasteiger partial charge in [0.05, 0.1) is 12.3 Å². The standard InChI is InChI=1S/C22H21FN6OS/c23-17-10-8-16(9-11-17)21-24-20(30-27-21)15-31-22-26-25-19(14-28-12-4-5-13-28)29(22)18-6-2-1-3-7-18/h1-3,6-11H,4-5,12-15H2. The smallest absolute Gasteiger partial charge is 0.237 e. The van der Waals surface area contributed by atoms with Crippen LogP contribution in [-0.4, -0.2) is 42.9 Å². The van der Waals surface area contributed by atoms with Gasteiger partial charge < -0.3 is 4.52 Å². The summed E-state index contributed by atoms with van der Waals surface area (Å²) in [5.74, 6) is 2.01. The molecule has 7 nitrogen and oxygen atoms in total. The summed E-state index contributed by atoms with van der Waals surface area (Å²) >= 11 is 1.50. The monoisotopic (exact) mass is 436 g/mol. The molecule has 0 aliphatic carbocycles. The van der Waals surface area contributed by atoms with Gasteiger partial charge in [-0.2, -0.15) is 4.98 Å². The van der Waals surface area contributed by atoms with Gasteiger partial charge in [-0.3, -0.25) is 9.47 Å². The number of para-hydroxylation sites is 1. The minimum Gasteiger partial charge on any atom is -0.338 e. The first kappa shape index (κ1) is 19.9. The van der Waals surface area contributed by atoms with E-state index >= 15 is 0 Å². The van der Waals surface area contributed by atoms with Crippen molar-refractivity contribution in [2.24, 2.45) is 0 Å². The Morgan fingerprint density at radius 2 is 1.74 bits per heavy atom. The van der Waals surface area contributed by atoms with Gasteiger partial charge in [-0.15, -0.1) is 10.2 Å². The molecule has 9 heteroatoms. The molecular formula is C22H21FN6OS. The summed E-state index contributed by atoms with van der Waals surface area (Å²) in [5.41, 5.74) is 1.74. The lowest BCUT2D eigenvalue weighted by Crippen LogP contribution is -2.21. The van der Waals surface area contributed by atoms with Gasteiger partial charge in [-0.25, -0.2) is 4.39 Å². The molecule has 4 aromatic rings. The lowest BCUT2D eigenvalue weighted by molar-refractivity contribution is 0.319. The molecule has 0 amide bonds. The molecular weight excluding hydrogens is 415 g/mol. The fraction of sp³-hybridized carbons (Fsp3) is 0.273. The van der Waals surface area contributed by atoms with Crippen molar-refractivity contribution in [1.82, 2.24) is 29.8 Å². The Morgan fingerprint density at radius 1 is 0.968 bits per heavy atom.